The lowest BCUT2D eigenvalue weighted by Crippen LogP contribution is -2.27. The van der Waals surface area contributed by atoms with Crippen LogP contribution in [0.15, 0.2) is 47.4 Å². The second kappa shape index (κ2) is 7.11. The van der Waals surface area contributed by atoms with E-state index in [-0.39, 0.29) is 17.9 Å². The van der Waals surface area contributed by atoms with Gasteiger partial charge in [0.25, 0.3) is 0 Å². The Morgan fingerprint density at radius 1 is 1.12 bits per heavy atom. The second-order valence-corrected chi connectivity index (χ2v) is 7.77. The molecule has 1 N–H and O–H groups in total. The number of hydrogen-bond donors (Lipinski definition) is 1. The van der Waals surface area contributed by atoms with Crippen LogP contribution < -0.4 is 5.32 Å². The molecular formula is C19H21F2NOS. The van der Waals surface area contributed by atoms with Gasteiger partial charge in [0.05, 0.1) is 0 Å². The molecule has 2 aromatic carbocycles. The molecule has 128 valence electrons. The number of rotatable bonds is 6. The molecule has 0 heterocycles. The van der Waals surface area contributed by atoms with Gasteiger partial charge in [-0.25, -0.2) is 8.78 Å². The van der Waals surface area contributed by atoms with Crippen LogP contribution in [0.4, 0.5) is 8.78 Å². The van der Waals surface area contributed by atoms with E-state index in [9.17, 15) is 13.0 Å². The fraction of sp³-hybridized carbons (Fsp3) is 0.368. The highest BCUT2D eigenvalue weighted by atomic mass is 32.2. The smallest absolute Gasteiger partial charge is 0.128 e. The van der Waals surface area contributed by atoms with Gasteiger partial charge in [-0.2, -0.15) is 0 Å². The summed E-state index contributed by atoms with van der Waals surface area (Å²) in [7, 11) is -1.01. The van der Waals surface area contributed by atoms with Crippen molar-refractivity contribution >= 4 is 10.8 Å². The molecule has 1 aliphatic carbocycles. The van der Waals surface area contributed by atoms with Crippen molar-refractivity contribution in [2.75, 3.05) is 6.26 Å². The summed E-state index contributed by atoms with van der Waals surface area (Å²) >= 11 is 0. The van der Waals surface area contributed by atoms with Crippen molar-refractivity contribution in [2.45, 2.75) is 36.7 Å². The van der Waals surface area contributed by atoms with E-state index in [2.05, 4.69) is 5.32 Å². The third-order valence-electron chi connectivity index (χ3n) is 4.53. The van der Waals surface area contributed by atoms with Crippen LogP contribution in [-0.2, 0) is 10.8 Å². The first-order valence-electron chi connectivity index (χ1n) is 8.10. The molecule has 0 aliphatic heterocycles. The van der Waals surface area contributed by atoms with Crippen molar-refractivity contribution in [3.8, 4) is 0 Å². The lowest BCUT2D eigenvalue weighted by Gasteiger charge is -2.24. The minimum absolute atomic E-state index is 0.0161. The maximum absolute atomic E-state index is 14.2. The zero-order valence-electron chi connectivity index (χ0n) is 13.8. The first-order valence-corrected chi connectivity index (χ1v) is 9.66. The molecule has 0 spiro atoms. The molecule has 3 rings (SSSR count). The fourth-order valence-corrected chi connectivity index (χ4v) is 3.50. The standard InChI is InChI=1S/C19H21F2NOS/c1-12(13-5-8-16(9-6-13)24(2)23)22-19(14-3-4-14)17-11-15(20)7-10-18(17)21/h5-12,14,19,22H,3-4H2,1-2H3/t12-,19-,24-/m0/s1. The Hall–Kier alpha value is -1.59. The number of hydrogen-bond acceptors (Lipinski definition) is 2. The van der Waals surface area contributed by atoms with Gasteiger partial charge in [-0.3, -0.25) is 4.21 Å². The van der Waals surface area contributed by atoms with Crippen LogP contribution in [0, 0.1) is 17.6 Å². The lowest BCUT2D eigenvalue weighted by atomic mass is 9.99. The van der Waals surface area contributed by atoms with Gasteiger partial charge < -0.3 is 5.32 Å². The molecule has 2 nitrogen and oxygen atoms in total. The van der Waals surface area contributed by atoms with Gasteiger partial charge in [0, 0.05) is 39.6 Å². The molecule has 24 heavy (non-hydrogen) atoms. The molecule has 5 heteroatoms. The van der Waals surface area contributed by atoms with Crippen molar-refractivity contribution in [3.05, 3.63) is 65.2 Å². The maximum atomic E-state index is 14.2. The van der Waals surface area contributed by atoms with Gasteiger partial charge in [-0.15, -0.1) is 0 Å². The van der Waals surface area contributed by atoms with Crippen LogP contribution in [-0.4, -0.2) is 10.5 Å². The average Bonchev–Trinajstić information content (AvgIpc) is 3.40. The molecule has 0 aromatic heterocycles. The number of nitrogens with one attached hydrogen (secondary N) is 1. The van der Waals surface area contributed by atoms with E-state index in [0.29, 0.717) is 11.5 Å². The molecule has 1 saturated carbocycles. The van der Waals surface area contributed by atoms with Gasteiger partial charge >= 0.3 is 0 Å². The molecule has 1 fully saturated rings. The summed E-state index contributed by atoms with van der Waals surface area (Å²) in [5.74, 6) is -0.447. The van der Waals surface area contributed by atoms with Crippen LogP contribution in [0.3, 0.4) is 0 Å². The van der Waals surface area contributed by atoms with E-state index in [1.54, 1.807) is 6.26 Å². The molecular weight excluding hydrogens is 328 g/mol. The third-order valence-corrected chi connectivity index (χ3v) is 5.46. The summed E-state index contributed by atoms with van der Waals surface area (Å²) in [5.41, 5.74) is 1.43. The second-order valence-electron chi connectivity index (χ2n) is 6.39. The summed E-state index contributed by atoms with van der Waals surface area (Å²) < 4.78 is 39.2. The molecule has 0 amide bonds. The summed E-state index contributed by atoms with van der Waals surface area (Å²) in [5, 5.41) is 3.45. The Labute approximate surface area is 143 Å². The Morgan fingerprint density at radius 3 is 2.38 bits per heavy atom. The summed E-state index contributed by atoms with van der Waals surface area (Å²) in [4.78, 5) is 0.779. The lowest BCUT2D eigenvalue weighted by molar-refractivity contribution is 0.410. The van der Waals surface area contributed by atoms with Crippen molar-refractivity contribution in [1.29, 1.82) is 0 Å². The highest BCUT2D eigenvalue weighted by molar-refractivity contribution is 7.84. The van der Waals surface area contributed by atoms with Gasteiger partial charge in [0.1, 0.15) is 11.6 Å². The molecule has 0 unspecified atom stereocenters. The predicted molar refractivity (Wildman–Crippen MR) is 92.1 cm³/mol. The zero-order chi connectivity index (χ0) is 17.3. The van der Waals surface area contributed by atoms with Crippen LogP contribution in [0.1, 0.15) is 43.0 Å². The van der Waals surface area contributed by atoms with Crippen molar-refractivity contribution < 1.29 is 13.0 Å². The van der Waals surface area contributed by atoms with E-state index < -0.39 is 16.6 Å². The first kappa shape index (κ1) is 17.2. The largest absolute Gasteiger partial charge is 0.303 e. The highest BCUT2D eigenvalue weighted by Crippen LogP contribution is 2.43. The fourth-order valence-electron chi connectivity index (χ4n) is 2.98. The van der Waals surface area contributed by atoms with Gasteiger partial charge in [0.2, 0.25) is 0 Å². The maximum Gasteiger partial charge on any atom is 0.128 e. The average molecular weight is 349 g/mol. The van der Waals surface area contributed by atoms with Gasteiger partial charge in [-0.1, -0.05) is 12.1 Å². The quantitative estimate of drug-likeness (QED) is 0.832. The van der Waals surface area contributed by atoms with Crippen LogP contribution >= 0.6 is 0 Å². The summed E-state index contributed by atoms with van der Waals surface area (Å²) in [6, 6.07) is 11.0. The minimum atomic E-state index is -1.01. The number of halogens is 2. The van der Waals surface area contributed by atoms with Crippen LogP contribution in [0.2, 0.25) is 0 Å². The van der Waals surface area contributed by atoms with Crippen LogP contribution in [0.5, 0.6) is 0 Å². The Morgan fingerprint density at radius 2 is 1.79 bits per heavy atom. The van der Waals surface area contributed by atoms with E-state index in [4.69, 9.17) is 0 Å². The molecule has 0 bridgehead atoms. The summed E-state index contributed by atoms with van der Waals surface area (Å²) in [6.07, 6.45) is 3.69. The molecule has 2 aromatic rings. The van der Waals surface area contributed by atoms with Crippen molar-refractivity contribution in [3.63, 3.8) is 0 Å². The molecule has 0 saturated heterocycles. The van der Waals surface area contributed by atoms with Crippen molar-refractivity contribution in [1.82, 2.24) is 5.32 Å². The van der Waals surface area contributed by atoms with Crippen LogP contribution in [0.25, 0.3) is 0 Å². The number of benzene rings is 2. The monoisotopic (exact) mass is 349 g/mol. The van der Waals surface area contributed by atoms with E-state index in [1.807, 2.05) is 31.2 Å². The Kier molecular flexibility index (Phi) is 5.11. The molecule has 3 atom stereocenters. The molecule has 1 aliphatic rings. The topological polar surface area (TPSA) is 29.1 Å². The molecule has 0 radical (unpaired) electrons. The SMILES string of the molecule is C[C@H](N[C@H](c1cc(F)ccc1F)C1CC1)c1ccc([S@](C)=O)cc1. The Balaban J connectivity index is 1.80. The van der Waals surface area contributed by atoms with E-state index in [0.717, 1.165) is 29.4 Å². The minimum Gasteiger partial charge on any atom is -0.303 e. The van der Waals surface area contributed by atoms with E-state index >= 15 is 0 Å². The van der Waals surface area contributed by atoms with Gasteiger partial charge in [-0.05, 0) is 61.6 Å². The Bertz CT molecular complexity index is 744. The van der Waals surface area contributed by atoms with Gasteiger partial charge in [0.15, 0.2) is 0 Å². The third kappa shape index (κ3) is 3.90. The highest BCUT2D eigenvalue weighted by Gasteiger charge is 2.34. The van der Waals surface area contributed by atoms with E-state index in [1.165, 1.54) is 12.1 Å². The summed E-state index contributed by atoms with van der Waals surface area (Å²) in [6.45, 7) is 2.00. The zero-order valence-corrected chi connectivity index (χ0v) is 14.6. The van der Waals surface area contributed by atoms with Crippen molar-refractivity contribution in [2.24, 2.45) is 5.92 Å². The first-order chi connectivity index (χ1) is 11.5. The normalized spacial score (nSPS) is 18.2. The predicted octanol–water partition coefficient (Wildman–Crippen LogP) is 4.50.